The van der Waals surface area contributed by atoms with E-state index < -0.39 is 27.4 Å². The molecule has 1 unspecified atom stereocenters. The summed E-state index contributed by atoms with van der Waals surface area (Å²) in [5.74, 6) is -0.110. The van der Waals surface area contributed by atoms with Crippen LogP contribution < -0.4 is 15.7 Å². The van der Waals surface area contributed by atoms with Crippen LogP contribution in [0.1, 0.15) is 0 Å². The summed E-state index contributed by atoms with van der Waals surface area (Å²) in [7, 11) is -3.23. The zero-order chi connectivity index (χ0) is 20.4. The van der Waals surface area contributed by atoms with Gasteiger partial charge in [0.25, 0.3) is 5.91 Å². The number of nitrogens with one attached hydrogen (secondary N) is 1. The fourth-order valence-corrected chi connectivity index (χ4v) is 4.29. The van der Waals surface area contributed by atoms with Gasteiger partial charge < -0.3 is 14.5 Å². The second-order valence-corrected chi connectivity index (χ2v) is 8.56. The van der Waals surface area contributed by atoms with Crippen molar-refractivity contribution < 1.29 is 22.4 Å². The molecule has 0 bridgehead atoms. The summed E-state index contributed by atoms with van der Waals surface area (Å²) in [6.45, 7) is -0.248. The average molecular weight is 411 g/mol. The molecule has 148 valence electrons. The van der Waals surface area contributed by atoms with Gasteiger partial charge in [0, 0.05) is 10.8 Å². The lowest BCUT2D eigenvalue weighted by Crippen LogP contribution is -2.38. The van der Waals surface area contributed by atoms with E-state index in [1.54, 1.807) is 42.5 Å². The van der Waals surface area contributed by atoms with E-state index >= 15 is 0 Å². The molecule has 0 fully saturated rings. The Morgan fingerprint density at radius 2 is 1.90 bits per heavy atom. The van der Waals surface area contributed by atoms with Crippen LogP contribution in [0.2, 0.25) is 0 Å². The minimum absolute atomic E-state index is 0.137. The van der Waals surface area contributed by atoms with Crippen LogP contribution >= 0.6 is 0 Å². The average Bonchev–Trinajstić information content (AvgIpc) is 3.04. The van der Waals surface area contributed by atoms with Crippen LogP contribution in [0.25, 0.3) is 22.1 Å². The maximum Gasteiger partial charge on any atom is 0.344 e. The molecule has 0 spiro atoms. The number of amides is 1. The summed E-state index contributed by atoms with van der Waals surface area (Å²) in [6.07, 6.45) is 1.44. The van der Waals surface area contributed by atoms with Crippen molar-refractivity contribution in [2.75, 3.05) is 12.4 Å². The van der Waals surface area contributed by atoms with Crippen LogP contribution in [-0.2, 0) is 14.6 Å². The SMILES string of the molecule is O=C(COc1ccc(-c2cc3ccccc3oc2=O)cc1)NC1C=CS(=O)(=O)C1. The van der Waals surface area contributed by atoms with Gasteiger partial charge in [0.1, 0.15) is 11.3 Å². The first-order chi connectivity index (χ1) is 13.9. The largest absolute Gasteiger partial charge is 0.484 e. The summed E-state index contributed by atoms with van der Waals surface area (Å²) in [5.41, 5.74) is 1.19. The van der Waals surface area contributed by atoms with E-state index in [1.165, 1.54) is 6.08 Å². The third kappa shape index (κ3) is 4.38. The van der Waals surface area contributed by atoms with Crippen molar-refractivity contribution in [3.8, 4) is 16.9 Å². The summed E-state index contributed by atoms with van der Waals surface area (Å²) in [6, 6.07) is 15.2. The Bertz CT molecular complexity index is 1260. The van der Waals surface area contributed by atoms with E-state index in [9.17, 15) is 18.0 Å². The van der Waals surface area contributed by atoms with Crippen LogP contribution in [0.15, 0.2) is 75.3 Å². The number of hydrogen-bond donors (Lipinski definition) is 1. The lowest BCUT2D eigenvalue weighted by atomic mass is 10.1. The molecule has 3 aromatic rings. The van der Waals surface area contributed by atoms with Crippen molar-refractivity contribution in [2.45, 2.75) is 6.04 Å². The molecule has 1 aliphatic heterocycles. The molecular formula is C21H17NO6S. The van der Waals surface area contributed by atoms with Gasteiger partial charge in [-0.15, -0.1) is 0 Å². The Morgan fingerprint density at radius 1 is 1.14 bits per heavy atom. The molecule has 1 aliphatic rings. The fraction of sp³-hybridized carbons (Fsp3) is 0.143. The standard InChI is InChI=1S/C21H17NO6S/c23-20(22-16-9-10-29(25,26)13-16)12-27-17-7-5-14(6-8-17)18-11-15-3-1-2-4-19(15)28-21(18)24/h1-11,16H,12-13H2,(H,22,23). The number of ether oxygens (including phenoxy) is 1. The lowest BCUT2D eigenvalue weighted by molar-refractivity contribution is -0.123. The quantitative estimate of drug-likeness (QED) is 0.646. The first-order valence-electron chi connectivity index (χ1n) is 8.86. The molecule has 29 heavy (non-hydrogen) atoms. The van der Waals surface area contributed by atoms with Gasteiger partial charge in [0.05, 0.1) is 17.4 Å². The van der Waals surface area contributed by atoms with Gasteiger partial charge in [-0.2, -0.15) is 0 Å². The highest BCUT2D eigenvalue weighted by Crippen LogP contribution is 2.23. The second kappa shape index (κ2) is 7.56. The van der Waals surface area contributed by atoms with E-state index in [2.05, 4.69) is 5.32 Å². The number of benzene rings is 2. The van der Waals surface area contributed by atoms with Crippen LogP contribution in [-0.4, -0.2) is 32.7 Å². The third-order valence-electron chi connectivity index (χ3n) is 4.45. The summed E-state index contributed by atoms with van der Waals surface area (Å²) in [4.78, 5) is 24.2. The zero-order valence-corrected chi connectivity index (χ0v) is 16.0. The van der Waals surface area contributed by atoms with Crippen LogP contribution in [0.4, 0.5) is 0 Å². The third-order valence-corrected chi connectivity index (χ3v) is 5.85. The smallest absolute Gasteiger partial charge is 0.344 e. The second-order valence-electron chi connectivity index (χ2n) is 6.63. The Hall–Kier alpha value is -3.39. The number of rotatable bonds is 5. The van der Waals surface area contributed by atoms with Crippen molar-refractivity contribution in [3.05, 3.63) is 76.5 Å². The van der Waals surface area contributed by atoms with Gasteiger partial charge in [-0.1, -0.05) is 30.3 Å². The number of carbonyl (C=O) groups excluding carboxylic acids is 1. The molecular weight excluding hydrogens is 394 g/mol. The highest BCUT2D eigenvalue weighted by Gasteiger charge is 2.23. The highest BCUT2D eigenvalue weighted by molar-refractivity contribution is 7.94. The lowest BCUT2D eigenvalue weighted by Gasteiger charge is -2.11. The van der Waals surface area contributed by atoms with E-state index in [0.29, 0.717) is 22.5 Å². The van der Waals surface area contributed by atoms with Gasteiger partial charge in [-0.3, -0.25) is 4.79 Å². The molecule has 1 aromatic heterocycles. The van der Waals surface area contributed by atoms with Gasteiger partial charge >= 0.3 is 5.63 Å². The molecule has 0 saturated heterocycles. The molecule has 4 rings (SSSR count). The van der Waals surface area contributed by atoms with Crippen molar-refractivity contribution in [3.63, 3.8) is 0 Å². The van der Waals surface area contributed by atoms with Gasteiger partial charge in [-0.05, 0) is 35.9 Å². The fourth-order valence-electron chi connectivity index (χ4n) is 3.06. The summed E-state index contributed by atoms with van der Waals surface area (Å²) in [5, 5.41) is 4.50. The molecule has 2 aromatic carbocycles. The highest BCUT2D eigenvalue weighted by atomic mass is 32.2. The first-order valence-corrected chi connectivity index (χ1v) is 10.6. The topological polar surface area (TPSA) is 103 Å². The van der Waals surface area contributed by atoms with Gasteiger partial charge in [0.15, 0.2) is 16.4 Å². The van der Waals surface area contributed by atoms with Crippen molar-refractivity contribution in [2.24, 2.45) is 0 Å². The maximum atomic E-state index is 12.2. The number of sulfone groups is 1. The van der Waals surface area contributed by atoms with E-state index in [-0.39, 0.29) is 12.4 Å². The predicted molar refractivity (Wildman–Crippen MR) is 108 cm³/mol. The molecule has 1 atom stereocenters. The van der Waals surface area contributed by atoms with Crippen LogP contribution in [0, 0.1) is 0 Å². The molecule has 2 heterocycles. The summed E-state index contributed by atoms with van der Waals surface area (Å²) >= 11 is 0. The van der Waals surface area contributed by atoms with Crippen molar-refractivity contribution in [1.82, 2.24) is 5.32 Å². The van der Waals surface area contributed by atoms with Crippen molar-refractivity contribution in [1.29, 1.82) is 0 Å². The predicted octanol–water partition coefficient (Wildman–Crippen LogP) is 2.27. The monoisotopic (exact) mass is 411 g/mol. The van der Waals surface area contributed by atoms with Gasteiger partial charge in [-0.25, -0.2) is 13.2 Å². The molecule has 1 N–H and O–H groups in total. The van der Waals surface area contributed by atoms with Gasteiger partial charge in [0.2, 0.25) is 0 Å². The minimum atomic E-state index is -3.23. The summed E-state index contributed by atoms with van der Waals surface area (Å²) < 4.78 is 33.5. The molecule has 0 aliphatic carbocycles. The maximum absolute atomic E-state index is 12.2. The van der Waals surface area contributed by atoms with E-state index in [0.717, 1.165) is 10.8 Å². The Balaban J connectivity index is 1.41. The number of fused-ring (bicyclic) bond motifs is 1. The number of carbonyl (C=O) groups is 1. The normalized spacial score (nSPS) is 17.3. The molecule has 0 radical (unpaired) electrons. The molecule has 1 amide bonds. The van der Waals surface area contributed by atoms with Crippen LogP contribution in [0.3, 0.4) is 0 Å². The Labute approximate surface area is 166 Å². The zero-order valence-electron chi connectivity index (χ0n) is 15.2. The van der Waals surface area contributed by atoms with E-state index in [4.69, 9.17) is 9.15 Å². The number of para-hydroxylation sites is 1. The Morgan fingerprint density at radius 3 is 2.62 bits per heavy atom. The molecule has 7 nitrogen and oxygen atoms in total. The van der Waals surface area contributed by atoms with Crippen LogP contribution in [0.5, 0.6) is 5.75 Å². The number of hydrogen-bond acceptors (Lipinski definition) is 6. The van der Waals surface area contributed by atoms with Crippen molar-refractivity contribution >= 4 is 26.7 Å². The Kier molecular flexibility index (Phi) is 4.94. The minimum Gasteiger partial charge on any atom is -0.484 e. The van der Waals surface area contributed by atoms with E-state index in [1.807, 2.05) is 12.1 Å². The molecule has 0 saturated carbocycles. The first kappa shape index (κ1) is 18.9. The molecule has 8 heteroatoms.